The van der Waals surface area contributed by atoms with E-state index in [-0.39, 0.29) is 0 Å². The van der Waals surface area contributed by atoms with Gasteiger partial charge in [-0.2, -0.15) is 5.10 Å². The number of aromatic nitrogens is 2. The molecule has 5 heteroatoms. The van der Waals surface area contributed by atoms with Gasteiger partial charge < -0.3 is 0 Å². The van der Waals surface area contributed by atoms with Gasteiger partial charge in [0.2, 0.25) is 0 Å². The standard InChI is InChI=1S/C7H10N2O2S/c1-12(10,11)7(3-4-7)6-2-5-8-9-6/h2,5H,3-4H2,1H3,(H,8,9). The van der Waals surface area contributed by atoms with Crippen molar-refractivity contribution in [2.45, 2.75) is 17.6 Å². The molecule has 66 valence electrons. The molecule has 0 atom stereocenters. The number of rotatable bonds is 2. The molecule has 0 saturated heterocycles. The van der Waals surface area contributed by atoms with Gasteiger partial charge in [0.15, 0.2) is 9.84 Å². The van der Waals surface area contributed by atoms with Gasteiger partial charge >= 0.3 is 0 Å². The molecule has 1 aromatic heterocycles. The van der Waals surface area contributed by atoms with E-state index in [0.29, 0.717) is 18.5 Å². The maximum atomic E-state index is 11.4. The third-order valence-electron chi connectivity index (χ3n) is 2.38. The van der Waals surface area contributed by atoms with Gasteiger partial charge in [-0.15, -0.1) is 0 Å². The lowest BCUT2D eigenvalue weighted by Crippen LogP contribution is -2.19. The Morgan fingerprint density at radius 3 is 2.58 bits per heavy atom. The Morgan fingerprint density at radius 2 is 2.25 bits per heavy atom. The minimum atomic E-state index is -3.00. The van der Waals surface area contributed by atoms with Crippen LogP contribution in [0.1, 0.15) is 18.5 Å². The molecular weight excluding hydrogens is 176 g/mol. The van der Waals surface area contributed by atoms with Crippen LogP contribution in [0.4, 0.5) is 0 Å². The highest BCUT2D eigenvalue weighted by Gasteiger charge is 2.55. The molecule has 0 aromatic carbocycles. The second-order valence-electron chi connectivity index (χ2n) is 3.23. The maximum Gasteiger partial charge on any atom is 0.158 e. The third-order valence-corrected chi connectivity index (χ3v) is 4.42. The van der Waals surface area contributed by atoms with E-state index in [0.717, 1.165) is 0 Å². The summed E-state index contributed by atoms with van der Waals surface area (Å²) in [4.78, 5) is 0. The third kappa shape index (κ3) is 0.891. The fourth-order valence-corrected chi connectivity index (χ4v) is 2.78. The van der Waals surface area contributed by atoms with Crippen LogP contribution in [-0.2, 0) is 14.6 Å². The molecule has 0 unspecified atom stereocenters. The van der Waals surface area contributed by atoms with Gasteiger partial charge in [0.05, 0.1) is 5.69 Å². The van der Waals surface area contributed by atoms with Crippen LogP contribution in [0.5, 0.6) is 0 Å². The number of sulfone groups is 1. The summed E-state index contributed by atoms with van der Waals surface area (Å²) in [7, 11) is -3.00. The summed E-state index contributed by atoms with van der Waals surface area (Å²) in [6.45, 7) is 0. The average molecular weight is 186 g/mol. The highest BCUT2D eigenvalue weighted by atomic mass is 32.2. The molecule has 0 radical (unpaired) electrons. The summed E-state index contributed by atoms with van der Waals surface area (Å²) in [5, 5.41) is 6.55. The molecule has 4 nitrogen and oxygen atoms in total. The molecule has 1 N–H and O–H groups in total. The van der Waals surface area contributed by atoms with Crippen molar-refractivity contribution in [2.24, 2.45) is 0 Å². The number of nitrogens with zero attached hydrogens (tertiary/aromatic N) is 1. The van der Waals surface area contributed by atoms with E-state index < -0.39 is 14.6 Å². The van der Waals surface area contributed by atoms with Crippen molar-refractivity contribution >= 4 is 9.84 Å². The number of aromatic amines is 1. The summed E-state index contributed by atoms with van der Waals surface area (Å²) in [5.74, 6) is 0. The lowest BCUT2D eigenvalue weighted by atomic mass is 10.3. The molecule has 1 aliphatic carbocycles. The summed E-state index contributed by atoms with van der Waals surface area (Å²) in [6.07, 6.45) is 4.34. The van der Waals surface area contributed by atoms with E-state index in [2.05, 4.69) is 10.2 Å². The lowest BCUT2D eigenvalue weighted by molar-refractivity contribution is 0.584. The van der Waals surface area contributed by atoms with Gasteiger partial charge in [0, 0.05) is 12.5 Å². The minimum absolute atomic E-state index is 0.657. The highest BCUT2D eigenvalue weighted by Crippen LogP contribution is 2.51. The van der Waals surface area contributed by atoms with E-state index in [1.165, 1.54) is 6.26 Å². The average Bonchev–Trinajstić information content (AvgIpc) is 2.61. The fourth-order valence-electron chi connectivity index (χ4n) is 1.44. The molecule has 1 aliphatic rings. The molecule has 0 bridgehead atoms. The second kappa shape index (κ2) is 2.10. The molecule has 2 rings (SSSR count). The minimum Gasteiger partial charge on any atom is -0.285 e. The monoisotopic (exact) mass is 186 g/mol. The van der Waals surface area contributed by atoms with E-state index in [1.54, 1.807) is 12.3 Å². The smallest absolute Gasteiger partial charge is 0.158 e. The molecule has 1 fully saturated rings. The molecule has 1 aromatic rings. The highest BCUT2D eigenvalue weighted by molar-refractivity contribution is 7.91. The van der Waals surface area contributed by atoms with Crippen molar-refractivity contribution in [3.8, 4) is 0 Å². The Kier molecular flexibility index (Phi) is 1.36. The number of nitrogens with one attached hydrogen (secondary N) is 1. The zero-order chi connectivity index (χ0) is 8.82. The zero-order valence-electron chi connectivity index (χ0n) is 6.74. The van der Waals surface area contributed by atoms with Gasteiger partial charge in [-0.3, -0.25) is 5.10 Å². The van der Waals surface area contributed by atoms with Crippen molar-refractivity contribution in [3.63, 3.8) is 0 Å². The van der Waals surface area contributed by atoms with Crippen LogP contribution >= 0.6 is 0 Å². The largest absolute Gasteiger partial charge is 0.285 e. The van der Waals surface area contributed by atoms with E-state index in [9.17, 15) is 8.42 Å². The number of H-pyrrole nitrogens is 1. The number of hydrogen-bond acceptors (Lipinski definition) is 3. The van der Waals surface area contributed by atoms with Crippen molar-refractivity contribution < 1.29 is 8.42 Å². The van der Waals surface area contributed by atoms with Crippen LogP contribution in [0.25, 0.3) is 0 Å². The Bertz CT molecular complexity index is 376. The summed E-state index contributed by atoms with van der Waals surface area (Å²) >= 11 is 0. The molecule has 1 saturated carbocycles. The second-order valence-corrected chi connectivity index (χ2v) is 5.55. The van der Waals surface area contributed by atoms with E-state index in [1.807, 2.05) is 0 Å². The molecule has 0 spiro atoms. The summed E-state index contributed by atoms with van der Waals surface area (Å²) in [6, 6.07) is 1.73. The lowest BCUT2D eigenvalue weighted by Gasteiger charge is -2.08. The SMILES string of the molecule is CS(=O)(=O)C1(c2cc[nH]n2)CC1. The van der Waals surface area contributed by atoms with Crippen molar-refractivity contribution in [1.29, 1.82) is 0 Å². The van der Waals surface area contributed by atoms with Gasteiger partial charge in [0.25, 0.3) is 0 Å². The zero-order valence-corrected chi connectivity index (χ0v) is 7.56. The molecule has 12 heavy (non-hydrogen) atoms. The van der Waals surface area contributed by atoms with E-state index >= 15 is 0 Å². The maximum absolute atomic E-state index is 11.4. The Labute approximate surface area is 70.9 Å². The predicted molar refractivity (Wildman–Crippen MR) is 44.3 cm³/mol. The molecular formula is C7H10N2O2S. The molecule has 0 amide bonds. The normalized spacial score (nSPS) is 20.8. The Balaban J connectivity index is 2.49. The first-order chi connectivity index (χ1) is 5.56. The first-order valence-corrected chi connectivity index (χ1v) is 5.65. The first kappa shape index (κ1) is 7.79. The van der Waals surface area contributed by atoms with Gasteiger partial charge in [-0.25, -0.2) is 8.42 Å². The van der Waals surface area contributed by atoms with Crippen LogP contribution in [0.15, 0.2) is 12.3 Å². The van der Waals surface area contributed by atoms with Crippen LogP contribution in [0.2, 0.25) is 0 Å². The van der Waals surface area contributed by atoms with Crippen molar-refractivity contribution in [3.05, 3.63) is 18.0 Å². The quantitative estimate of drug-likeness (QED) is 0.729. The van der Waals surface area contributed by atoms with Gasteiger partial charge in [0.1, 0.15) is 4.75 Å². The van der Waals surface area contributed by atoms with Gasteiger partial charge in [-0.1, -0.05) is 0 Å². The van der Waals surface area contributed by atoms with Crippen LogP contribution in [0.3, 0.4) is 0 Å². The van der Waals surface area contributed by atoms with Crippen molar-refractivity contribution in [1.82, 2.24) is 10.2 Å². The Hall–Kier alpha value is -0.840. The van der Waals surface area contributed by atoms with Crippen LogP contribution < -0.4 is 0 Å². The Morgan fingerprint density at radius 1 is 1.58 bits per heavy atom. The first-order valence-electron chi connectivity index (χ1n) is 3.76. The predicted octanol–water partition coefficient (Wildman–Crippen LogP) is 0.443. The summed E-state index contributed by atoms with van der Waals surface area (Å²) in [5.41, 5.74) is 0.657. The van der Waals surface area contributed by atoms with Gasteiger partial charge in [-0.05, 0) is 18.9 Å². The van der Waals surface area contributed by atoms with Crippen molar-refractivity contribution in [2.75, 3.05) is 6.26 Å². The summed E-state index contributed by atoms with van der Waals surface area (Å²) < 4.78 is 22.1. The molecule has 1 heterocycles. The molecule has 0 aliphatic heterocycles. The van der Waals surface area contributed by atoms with Crippen LogP contribution in [0, 0.1) is 0 Å². The number of hydrogen-bond donors (Lipinski definition) is 1. The topological polar surface area (TPSA) is 62.8 Å². The van der Waals surface area contributed by atoms with Crippen LogP contribution in [-0.4, -0.2) is 24.9 Å². The van der Waals surface area contributed by atoms with E-state index in [4.69, 9.17) is 0 Å². The fraction of sp³-hybridized carbons (Fsp3) is 0.571.